The highest BCUT2D eigenvalue weighted by Gasteiger charge is 2.41. The lowest BCUT2D eigenvalue weighted by Crippen LogP contribution is -2.56. The van der Waals surface area contributed by atoms with Gasteiger partial charge < -0.3 is 0 Å². The minimum absolute atomic E-state index is 0.0248. The van der Waals surface area contributed by atoms with Crippen LogP contribution in [0.4, 0.5) is 0 Å². The first-order valence-electron chi connectivity index (χ1n) is 6.83. The van der Waals surface area contributed by atoms with Crippen LogP contribution in [0.3, 0.4) is 0 Å². The van der Waals surface area contributed by atoms with E-state index < -0.39 is 0 Å². The summed E-state index contributed by atoms with van der Waals surface area (Å²) in [7, 11) is 0. The molecule has 1 fully saturated rings. The average molecular weight is 247 g/mol. The van der Waals surface area contributed by atoms with E-state index in [0.29, 0.717) is 0 Å². The maximum atomic E-state index is 6.29. The summed E-state index contributed by atoms with van der Waals surface area (Å²) in [6.07, 6.45) is 2.44. The summed E-state index contributed by atoms with van der Waals surface area (Å²) in [6.45, 7) is 11.2. The molecule has 0 spiro atoms. The molecule has 0 aliphatic carbocycles. The first kappa shape index (κ1) is 13.6. The molecule has 0 aromatic heterocycles. The lowest BCUT2D eigenvalue weighted by Gasteiger charge is -2.51. The molecule has 0 amide bonds. The summed E-state index contributed by atoms with van der Waals surface area (Å²) in [4.78, 5) is 6.29. The summed E-state index contributed by atoms with van der Waals surface area (Å²) in [5.41, 5.74) is 1.41. The van der Waals surface area contributed by atoms with Crippen molar-refractivity contribution in [3.05, 3.63) is 35.9 Å². The Hall–Kier alpha value is -0.860. The number of benzene rings is 1. The summed E-state index contributed by atoms with van der Waals surface area (Å²) < 4.78 is 0. The topological polar surface area (TPSA) is 12.5 Å². The second kappa shape index (κ2) is 4.67. The van der Waals surface area contributed by atoms with Crippen molar-refractivity contribution in [1.82, 2.24) is 5.06 Å². The van der Waals surface area contributed by atoms with E-state index in [9.17, 15) is 0 Å². The highest BCUT2D eigenvalue weighted by molar-refractivity contribution is 5.18. The van der Waals surface area contributed by atoms with Crippen LogP contribution < -0.4 is 0 Å². The van der Waals surface area contributed by atoms with Crippen molar-refractivity contribution in [3.63, 3.8) is 0 Å². The van der Waals surface area contributed by atoms with Gasteiger partial charge in [0.05, 0.1) is 0 Å². The highest BCUT2D eigenvalue weighted by atomic mass is 16.7. The molecule has 1 aromatic carbocycles. The predicted molar refractivity (Wildman–Crippen MR) is 75.2 cm³/mol. The molecule has 0 bridgehead atoms. The van der Waals surface area contributed by atoms with E-state index in [0.717, 1.165) is 12.8 Å². The zero-order valence-electron chi connectivity index (χ0n) is 12.2. The summed E-state index contributed by atoms with van der Waals surface area (Å²) in [5.74, 6) is 0. The van der Waals surface area contributed by atoms with Crippen LogP contribution in [-0.4, -0.2) is 16.1 Å². The normalized spacial score (nSPS) is 25.1. The van der Waals surface area contributed by atoms with Crippen LogP contribution in [0.5, 0.6) is 0 Å². The molecule has 1 aromatic rings. The third-order valence-corrected chi connectivity index (χ3v) is 3.58. The molecule has 100 valence electrons. The van der Waals surface area contributed by atoms with Crippen LogP contribution in [0.25, 0.3) is 0 Å². The van der Waals surface area contributed by atoms with Crippen molar-refractivity contribution in [2.45, 2.75) is 64.6 Å². The number of hydrogen-bond acceptors (Lipinski definition) is 2. The highest BCUT2D eigenvalue weighted by Crippen LogP contribution is 2.40. The van der Waals surface area contributed by atoms with Crippen LogP contribution in [0.15, 0.2) is 30.3 Å². The van der Waals surface area contributed by atoms with Gasteiger partial charge in [-0.15, -0.1) is 0 Å². The fraction of sp³-hybridized carbons (Fsp3) is 0.625. The average Bonchev–Trinajstić information content (AvgIpc) is 2.28. The molecule has 1 aliphatic heterocycles. The van der Waals surface area contributed by atoms with Gasteiger partial charge in [0.15, 0.2) is 0 Å². The monoisotopic (exact) mass is 247 g/mol. The minimum Gasteiger partial charge on any atom is -0.290 e. The standard InChI is InChI=1S/C16H25NO/c1-15(2,3)17-16(4,5)12-11-14(18-17)13-9-7-6-8-10-13/h6-10,14H,11-12H2,1-5H3. The fourth-order valence-corrected chi connectivity index (χ4v) is 2.87. The fourth-order valence-electron chi connectivity index (χ4n) is 2.87. The molecule has 0 N–H and O–H groups in total. The van der Waals surface area contributed by atoms with Crippen molar-refractivity contribution >= 4 is 0 Å². The molecule has 1 saturated heterocycles. The molecular weight excluding hydrogens is 222 g/mol. The quantitative estimate of drug-likeness (QED) is 0.732. The Kier molecular flexibility index (Phi) is 3.52. The zero-order chi connectivity index (χ0) is 13.4. The maximum Gasteiger partial charge on any atom is 0.104 e. The summed E-state index contributed by atoms with van der Waals surface area (Å²) in [6, 6.07) is 10.5. The number of hydrogen-bond donors (Lipinski definition) is 0. The molecule has 0 radical (unpaired) electrons. The van der Waals surface area contributed by atoms with Gasteiger partial charge in [0.2, 0.25) is 0 Å². The van der Waals surface area contributed by atoms with Crippen molar-refractivity contribution in [1.29, 1.82) is 0 Å². The van der Waals surface area contributed by atoms with Crippen LogP contribution in [0.2, 0.25) is 0 Å². The summed E-state index contributed by atoms with van der Waals surface area (Å²) >= 11 is 0. The molecule has 0 saturated carbocycles. The molecule has 1 heterocycles. The Morgan fingerprint density at radius 3 is 2.33 bits per heavy atom. The van der Waals surface area contributed by atoms with Gasteiger partial charge in [0.1, 0.15) is 6.10 Å². The first-order chi connectivity index (χ1) is 8.31. The molecule has 2 nitrogen and oxygen atoms in total. The Balaban J connectivity index is 2.20. The zero-order valence-corrected chi connectivity index (χ0v) is 12.2. The van der Waals surface area contributed by atoms with Gasteiger partial charge in [-0.05, 0) is 53.0 Å². The summed E-state index contributed by atoms with van der Waals surface area (Å²) in [5, 5.41) is 2.18. The molecule has 1 aliphatic rings. The van der Waals surface area contributed by atoms with Gasteiger partial charge >= 0.3 is 0 Å². The van der Waals surface area contributed by atoms with Crippen molar-refractivity contribution in [2.24, 2.45) is 0 Å². The van der Waals surface area contributed by atoms with Crippen LogP contribution in [0.1, 0.15) is 59.1 Å². The van der Waals surface area contributed by atoms with E-state index in [1.165, 1.54) is 5.56 Å². The van der Waals surface area contributed by atoms with Gasteiger partial charge in [0, 0.05) is 11.1 Å². The van der Waals surface area contributed by atoms with Crippen LogP contribution in [-0.2, 0) is 4.84 Å². The second-order valence-electron chi connectivity index (χ2n) is 6.82. The van der Waals surface area contributed by atoms with Gasteiger partial charge in [0.25, 0.3) is 0 Å². The Morgan fingerprint density at radius 2 is 1.78 bits per heavy atom. The van der Waals surface area contributed by atoms with Crippen molar-refractivity contribution in [3.8, 4) is 0 Å². The van der Waals surface area contributed by atoms with Gasteiger partial charge in [-0.1, -0.05) is 30.3 Å². The van der Waals surface area contributed by atoms with E-state index in [2.05, 4.69) is 70.0 Å². The van der Waals surface area contributed by atoms with E-state index in [1.807, 2.05) is 0 Å². The van der Waals surface area contributed by atoms with Gasteiger partial charge in [-0.2, -0.15) is 5.06 Å². The lowest BCUT2D eigenvalue weighted by atomic mass is 9.88. The molecule has 1 atom stereocenters. The Morgan fingerprint density at radius 1 is 1.17 bits per heavy atom. The minimum atomic E-state index is 0.0248. The second-order valence-corrected chi connectivity index (χ2v) is 6.82. The van der Waals surface area contributed by atoms with E-state index >= 15 is 0 Å². The molecule has 2 rings (SSSR count). The smallest absolute Gasteiger partial charge is 0.104 e. The Bertz CT molecular complexity index is 391. The first-order valence-corrected chi connectivity index (χ1v) is 6.83. The van der Waals surface area contributed by atoms with Crippen molar-refractivity contribution < 1.29 is 4.84 Å². The predicted octanol–water partition coefficient (Wildman–Crippen LogP) is 4.33. The van der Waals surface area contributed by atoms with E-state index in [1.54, 1.807) is 0 Å². The van der Waals surface area contributed by atoms with Crippen LogP contribution >= 0.6 is 0 Å². The number of rotatable bonds is 1. The third kappa shape index (κ3) is 2.76. The lowest BCUT2D eigenvalue weighted by molar-refractivity contribution is -0.315. The molecular formula is C16H25NO. The van der Waals surface area contributed by atoms with Gasteiger partial charge in [-0.25, -0.2) is 0 Å². The molecule has 1 unspecified atom stereocenters. The SMILES string of the molecule is CC(C)(C)N1OC(c2ccccc2)CCC1(C)C. The van der Waals surface area contributed by atoms with E-state index in [4.69, 9.17) is 4.84 Å². The van der Waals surface area contributed by atoms with Crippen molar-refractivity contribution in [2.75, 3.05) is 0 Å². The molecule has 2 heteroatoms. The molecule has 18 heavy (non-hydrogen) atoms. The largest absolute Gasteiger partial charge is 0.290 e. The van der Waals surface area contributed by atoms with Gasteiger partial charge in [-0.3, -0.25) is 4.84 Å². The van der Waals surface area contributed by atoms with Crippen LogP contribution in [0, 0.1) is 0 Å². The number of nitrogens with zero attached hydrogens (tertiary/aromatic N) is 1. The maximum absolute atomic E-state index is 6.29. The number of hydroxylamine groups is 2. The Labute approximate surface area is 111 Å². The third-order valence-electron chi connectivity index (χ3n) is 3.58. The van der Waals surface area contributed by atoms with E-state index in [-0.39, 0.29) is 17.2 Å².